The molecule has 2 heterocycles. The Balaban J connectivity index is 1.64. The van der Waals surface area contributed by atoms with Gasteiger partial charge >= 0.3 is 5.97 Å². The molecule has 24 heavy (non-hydrogen) atoms. The summed E-state index contributed by atoms with van der Waals surface area (Å²) in [5.41, 5.74) is -0.639. The van der Waals surface area contributed by atoms with Crippen LogP contribution in [0.4, 0.5) is 0 Å². The molecular weight excluding hydrogens is 310 g/mol. The lowest BCUT2D eigenvalue weighted by molar-refractivity contribution is -0.147. The molecule has 2 aliphatic rings. The molecule has 6 heteroatoms. The van der Waals surface area contributed by atoms with Crippen molar-refractivity contribution in [1.82, 2.24) is 4.90 Å². The lowest BCUT2D eigenvalue weighted by Crippen LogP contribution is -2.50. The van der Waals surface area contributed by atoms with Gasteiger partial charge in [0.05, 0.1) is 6.10 Å². The third-order valence-corrected chi connectivity index (χ3v) is 4.91. The quantitative estimate of drug-likeness (QED) is 0.895. The summed E-state index contributed by atoms with van der Waals surface area (Å²) in [4.78, 5) is 25.6. The molecule has 1 N–H and O–H groups in total. The first-order valence-corrected chi connectivity index (χ1v) is 8.40. The van der Waals surface area contributed by atoms with Crippen LogP contribution in [0.3, 0.4) is 0 Å². The summed E-state index contributed by atoms with van der Waals surface area (Å²) in [5.74, 6) is -0.516. The molecule has 0 aliphatic carbocycles. The molecule has 2 fully saturated rings. The maximum absolute atomic E-state index is 12.6. The Hall–Kier alpha value is -2.08. The van der Waals surface area contributed by atoms with Crippen LogP contribution >= 0.6 is 0 Å². The maximum atomic E-state index is 12.6. The van der Waals surface area contributed by atoms with Crippen LogP contribution in [0.2, 0.25) is 0 Å². The zero-order chi connectivity index (χ0) is 17.2. The number of hydrogen-bond donors (Lipinski definition) is 1. The minimum atomic E-state index is -1.12. The van der Waals surface area contributed by atoms with Crippen LogP contribution in [-0.4, -0.2) is 53.3 Å². The Morgan fingerprint density at radius 1 is 1.33 bits per heavy atom. The average molecular weight is 333 g/mol. The summed E-state index contributed by atoms with van der Waals surface area (Å²) in [6.45, 7) is 3.38. The van der Waals surface area contributed by atoms with Crippen LogP contribution < -0.4 is 4.74 Å². The summed E-state index contributed by atoms with van der Waals surface area (Å²) >= 11 is 0. The van der Waals surface area contributed by atoms with Gasteiger partial charge in [-0.2, -0.15) is 0 Å². The highest BCUT2D eigenvalue weighted by atomic mass is 16.5. The number of ether oxygens (including phenoxy) is 2. The normalized spacial score (nSPS) is 26.5. The minimum absolute atomic E-state index is 0.146. The fraction of sp³-hybridized carbons (Fsp3) is 0.556. The SMILES string of the molecule is CC1(C(=O)O)CCCN1C(=O)c1ccc(OCC2CCCO2)cc1. The number of carbonyl (C=O) groups excluding carboxylic acids is 1. The van der Waals surface area contributed by atoms with Gasteiger partial charge in [-0.05, 0) is 56.9 Å². The Kier molecular flexibility index (Phi) is 4.76. The van der Waals surface area contributed by atoms with Gasteiger partial charge in [-0.3, -0.25) is 4.79 Å². The zero-order valence-electron chi connectivity index (χ0n) is 13.9. The first-order valence-electron chi connectivity index (χ1n) is 8.40. The van der Waals surface area contributed by atoms with Crippen molar-refractivity contribution >= 4 is 11.9 Å². The van der Waals surface area contributed by atoms with Gasteiger partial charge in [0.1, 0.15) is 17.9 Å². The average Bonchev–Trinajstić information content (AvgIpc) is 3.23. The fourth-order valence-corrected chi connectivity index (χ4v) is 3.33. The number of amides is 1. The van der Waals surface area contributed by atoms with Crippen molar-refractivity contribution in [2.24, 2.45) is 0 Å². The van der Waals surface area contributed by atoms with Crippen molar-refractivity contribution in [3.8, 4) is 5.75 Å². The number of carbonyl (C=O) groups is 2. The molecule has 0 radical (unpaired) electrons. The van der Waals surface area contributed by atoms with Gasteiger partial charge in [0.25, 0.3) is 5.91 Å². The molecule has 1 amide bonds. The van der Waals surface area contributed by atoms with E-state index in [0.717, 1.165) is 19.4 Å². The zero-order valence-corrected chi connectivity index (χ0v) is 13.9. The highest BCUT2D eigenvalue weighted by molar-refractivity contribution is 5.98. The monoisotopic (exact) mass is 333 g/mol. The minimum Gasteiger partial charge on any atom is -0.491 e. The van der Waals surface area contributed by atoms with Crippen LogP contribution in [0.15, 0.2) is 24.3 Å². The molecule has 0 saturated carbocycles. The van der Waals surface area contributed by atoms with Crippen LogP contribution in [0.25, 0.3) is 0 Å². The standard InChI is InChI=1S/C18H23NO5/c1-18(17(21)22)9-3-10-19(18)16(20)13-5-7-14(8-6-13)24-12-15-4-2-11-23-15/h5-8,15H,2-4,9-12H2,1H3,(H,21,22). The second kappa shape index (κ2) is 6.81. The van der Waals surface area contributed by atoms with E-state index in [2.05, 4.69) is 0 Å². The largest absolute Gasteiger partial charge is 0.491 e. The molecule has 2 saturated heterocycles. The summed E-state index contributed by atoms with van der Waals surface area (Å²) < 4.78 is 11.2. The smallest absolute Gasteiger partial charge is 0.329 e. The Bertz CT molecular complexity index is 608. The second-order valence-corrected chi connectivity index (χ2v) is 6.61. The van der Waals surface area contributed by atoms with Gasteiger partial charge < -0.3 is 19.5 Å². The van der Waals surface area contributed by atoms with Crippen molar-refractivity contribution < 1.29 is 24.2 Å². The maximum Gasteiger partial charge on any atom is 0.329 e. The Morgan fingerprint density at radius 3 is 2.71 bits per heavy atom. The summed E-state index contributed by atoms with van der Waals surface area (Å²) in [6.07, 6.45) is 3.42. The number of nitrogens with zero attached hydrogens (tertiary/aromatic N) is 1. The van der Waals surface area contributed by atoms with Gasteiger partial charge in [0.15, 0.2) is 0 Å². The predicted molar refractivity (Wildman–Crippen MR) is 87.2 cm³/mol. The highest BCUT2D eigenvalue weighted by Gasteiger charge is 2.46. The van der Waals surface area contributed by atoms with Crippen molar-refractivity contribution in [2.45, 2.75) is 44.2 Å². The third kappa shape index (κ3) is 3.24. The summed E-state index contributed by atoms with van der Waals surface area (Å²) in [5, 5.41) is 9.43. The van der Waals surface area contributed by atoms with Gasteiger partial charge in [-0.15, -0.1) is 0 Å². The van der Waals surface area contributed by atoms with Crippen molar-refractivity contribution in [2.75, 3.05) is 19.8 Å². The number of hydrogen-bond acceptors (Lipinski definition) is 4. The third-order valence-electron chi connectivity index (χ3n) is 4.91. The number of aliphatic carboxylic acids is 1. The van der Waals surface area contributed by atoms with Crippen LogP contribution in [0, 0.1) is 0 Å². The molecule has 0 spiro atoms. The van der Waals surface area contributed by atoms with Gasteiger partial charge in [0, 0.05) is 18.7 Å². The fourth-order valence-electron chi connectivity index (χ4n) is 3.33. The van der Waals surface area contributed by atoms with E-state index >= 15 is 0 Å². The lowest BCUT2D eigenvalue weighted by Gasteiger charge is -2.31. The summed E-state index contributed by atoms with van der Waals surface area (Å²) in [7, 11) is 0. The molecule has 0 bridgehead atoms. The van der Waals surface area contributed by atoms with E-state index in [4.69, 9.17) is 9.47 Å². The molecule has 2 unspecified atom stereocenters. The van der Waals surface area contributed by atoms with Crippen LogP contribution in [0.1, 0.15) is 43.0 Å². The van der Waals surface area contributed by atoms with E-state index in [1.807, 2.05) is 0 Å². The Labute approximate surface area is 141 Å². The van der Waals surface area contributed by atoms with Crippen molar-refractivity contribution in [3.63, 3.8) is 0 Å². The number of likely N-dealkylation sites (tertiary alicyclic amines) is 1. The number of rotatable bonds is 5. The number of benzene rings is 1. The summed E-state index contributed by atoms with van der Waals surface area (Å²) in [6, 6.07) is 6.87. The molecule has 0 aromatic heterocycles. The van der Waals surface area contributed by atoms with E-state index in [-0.39, 0.29) is 12.0 Å². The van der Waals surface area contributed by atoms with Crippen molar-refractivity contribution in [1.29, 1.82) is 0 Å². The molecule has 130 valence electrons. The van der Waals surface area contributed by atoms with E-state index < -0.39 is 11.5 Å². The van der Waals surface area contributed by atoms with Gasteiger partial charge in [-0.25, -0.2) is 4.79 Å². The molecule has 3 rings (SSSR count). The molecule has 2 aliphatic heterocycles. The van der Waals surface area contributed by atoms with Crippen molar-refractivity contribution in [3.05, 3.63) is 29.8 Å². The van der Waals surface area contributed by atoms with E-state index in [0.29, 0.717) is 37.3 Å². The Morgan fingerprint density at radius 2 is 2.08 bits per heavy atom. The molecule has 2 atom stereocenters. The lowest BCUT2D eigenvalue weighted by atomic mass is 9.98. The predicted octanol–water partition coefficient (Wildman–Crippen LogP) is 2.32. The first-order chi connectivity index (χ1) is 11.5. The molecule has 1 aromatic rings. The first kappa shape index (κ1) is 16.8. The van der Waals surface area contributed by atoms with Crippen LogP contribution in [0.5, 0.6) is 5.75 Å². The highest BCUT2D eigenvalue weighted by Crippen LogP contribution is 2.31. The van der Waals surface area contributed by atoms with Gasteiger partial charge in [0.2, 0.25) is 0 Å². The van der Waals surface area contributed by atoms with Crippen LogP contribution in [-0.2, 0) is 9.53 Å². The number of carboxylic acids is 1. The van der Waals surface area contributed by atoms with E-state index in [1.165, 1.54) is 4.90 Å². The molecule has 6 nitrogen and oxygen atoms in total. The van der Waals surface area contributed by atoms with Gasteiger partial charge in [-0.1, -0.05) is 0 Å². The molecule has 1 aromatic carbocycles. The van der Waals surface area contributed by atoms with E-state index in [9.17, 15) is 14.7 Å². The van der Waals surface area contributed by atoms with E-state index in [1.54, 1.807) is 31.2 Å². The second-order valence-electron chi connectivity index (χ2n) is 6.61. The molecular formula is C18H23NO5. The number of carboxylic acid groups (broad SMARTS) is 1. The topological polar surface area (TPSA) is 76.1 Å².